The minimum absolute atomic E-state index is 0.318. The van der Waals surface area contributed by atoms with Crippen LogP contribution >= 0.6 is 0 Å². The predicted molar refractivity (Wildman–Crippen MR) is 113 cm³/mol. The molecule has 6 heteroatoms. The summed E-state index contributed by atoms with van der Waals surface area (Å²) < 4.78 is 5.73. The highest BCUT2D eigenvalue weighted by molar-refractivity contribution is 6.58. The van der Waals surface area contributed by atoms with Crippen LogP contribution in [0, 0.1) is 6.92 Å². The molecule has 1 atom stereocenters. The van der Waals surface area contributed by atoms with Gasteiger partial charge < -0.3 is 19.8 Å². The molecule has 1 aliphatic rings. The van der Waals surface area contributed by atoms with E-state index in [-0.39, 0.29) is 0 Å². The minimum atomic E-state index is -1.42. The Bertz CT molecular complexity index is 952. The van der Waals surface area contributed by atoms with E-state index in [1.807, 2.05) is 30.5 Å². The van der Waals surface area contributed by atoms with Crippen LogP contribution in [-0.2, 0) is 6.54 Å². The predicted octanol–water partition coefficient (Wildman–Crippen LogP) is 2.89. The third-order valence-electron chi connectivity index (χ3n) is 5.93. The summed E-state index contributed by atoms with van der Waals surface area (Å²) in [5.74, 6) is 0.938. The van der Waals surface area contributed by atoms with Gasteiger partial charge in [-0.2, -0.15) is 0 Å². The smallest absolute Gasteiger partial charge is 0.488 e. The second-order valence-corrected chi connectivity index (χ2v) is 7.66. The van der Waals surface area contributed by atoms with Crippen molar-refractivity contribution in [2.24, 2.45) is 0 Å². The van der Waals surface area contributed by atoms with E-state index < -0.39 is 7.12 Å². The van der Waals surface area contributed by atoms with Crippen molar-refractivity contribution in [3.05, 3.63) is 59.3 Å². The average Bonchev–Trinajstić information content (AvgIpc) is 3.21. The molecule has 2 aromatic carbocycles. The number of likely N-dealkylation sites (tertiary alicyclic amines) is 1. The molecule has 4 rings (SSSR count). The molecule has 5 nitrogen and oxygen atoms in total. The van der Waals surface area contributed by atoms with Crippen LogP contribution in [0.1, 0.15) is 42.0 Å². The lowest BCUT2D eigenvalue weighted by atomic mass is 9.79. The number of methoxy groups -OCH3 is 1. The second kappa shape index (κ2) is 7.99. The number of aryl methyl sites for hydroxylation is 1. The van der Waals surface area contributed by atoms with Crippen LogP contribution in [0.5, 0.6) is 5.75 Å². The zero-order valence-electron chi connectivity index (χ0n) is 16.5. The van der Waals surface area contributed by atoms with E-state index in [0.717, 1.165) is 25.3 Å². The molecule has 1 unspecified atom stereocenters. The molecule has 0 amide bonds. The fourth-order valence-electron chi connectivity index (χ4n) is 4.43. The molecule has 3 aromatic rings. The van der Waals surface area contributed by atoms with Gasteiger partial charge in [-0.25, -0.2) is 0 Å². The first-order valence-electron chi connectivity index (χ1n) is 9.92. The van der Waals surface area contributed by atoms with Gasteiger partial charge in [0, 0.05) is 35.2 Å². The third kappa shape index (κ3) is 3.55. The van der Waals surface area contributed by atoms with Gasteiger partial charge in [0.25, 0.3) is 0 Å². The SMILES string of the molecule is COc1cc(C)c2[nH]ccc2c1CN1CCCCC1c1ccc(B(O)O)cc1. The van der Waals surface area contributed by atoms with Crippen molar-refractivity contribution in [1.29, 1.82) is 0 Å². The van der Waals surface area contributed by atoms with Gasteiger partial charge in [-0.15, -0.1) is 0 Å². The average molecular weight is 378 g/mol. The molecule has 1 saturated heterocycles. The number of rotatable bonds is 5. The number of benzene rings is 2. The number of ether oxygens (including phenoxy) is 1. The van der Waals surface area contributed by atoms with Crippen molar-refractivity contribution < 1.29 is 14.8 Å². The van der Waals surface area contributed by atoms with Gasteiger partial charge in [0.15, 0.2) is 0 Å². The molecule has 2 heterocycles. The van der Waals surface area contributed by atoms with Crippen molar-refractivity contribution in [1.82, 2.24) is 9.88 Å². The van der Waals surface area contributed by atoms with Crippen LogP contribution in [0.4, 0.5) is 0 Å². The zero-order chi connectivity index (χ0) is 19.7. The number of piperidine rings is 1. The summed E-state index contributed by atoms with van der Waals surface area (Å²) in [6, 6.07) is 12.2. The highest BCUT2D eigenvalue weighted by atomic mass is 16.5. The number of aromatic amines is 1. The fourth-order valence-corrected chi connectivity index (χ4v) is 4.43. The van der Waals surface area contributed by atoms with E-state index in [9.17, 15) is 10.0 Å². The van der Waals surface area contributed by atoms with Crippen LogP contribution < -0.4 is 10.2 Å². The van der Waals surface area contributed by atoms with Crippen molar-refractivity contribution in [2.45, 2.75) is 38.8 Å². The Hall–Kier alpha value is -2.28. The van der Waals surface area contributed by atoms with E-state index in [4.69, 9.17) is 4.74 Å². The van der Waals surface area contributed by atoms with E-state index in [2.05, 4.69) is 28.9 Å². The second-order valence-electron chi connectivity index (χ2n) is 7.66. The third-order valence-corrected chi connectivity index (χ3v) is 5.93. The zero-order valence-corrected chi connectivity index (χ0v) is 16.5. The van der Waals surface area contributed by atoms with E-state index in [1.165, 1.54) is 40.4 Å². The van der Waals surface area contributed by atoms with Crippen molar-refractivity contribution in [2.75, 3.05) is 13.7 Å². The van der Waals surface area contributed by atoms with Gasteiger partial charge in [-0.05, 0) is 55.0 Å². The van der Waals surface area contributed by atoms with E-state index in [1.54, 1.807) is 7.11 Å². The highest BCUT2D eigenvalue weighted by Crippen LogP contribution is 2.36. The lowest BCUT2D eigenvalue weighted by Crippen LogP contribution is -2.34. The normalized spacial score (nSPS) is 17.8. The maximum absolute atomic E-state index is 9.36. The number of nitrogens with zero attached hydrogens (tertiary/aromatic N) is 1. The van der Waals surface area contributed by atoms with E-state index in [0.29, 0.717) is 11.5 Å². The molecule has 3 N–H and O–H groups in total. The number of hydrogen-bond acceptors (Lipinski definition) is 4. The Labute approximate surface area is 166 Å². The molecule has 1 aromatic heterocycles. The molecular weight excluding hydrogens is 351 g/mol. The van der Waals surface area contributed by atoms with Crippen molar-refractivity contribution >= 4 is 23.5 Å². The van der Waals surface area contributed by atoms with Gasteiger partial charge in [0.2, 0.25) is 0 Å². The molecule has 0 radical (unpaired) electrons. The number of fused-ring (bicyclic) bond motifs is 1. The Morgan fingerprint density at radius 1 is 1.18 bits per heavy atom. The van der Waals surface area contributed by atoms with Gasteiger partial charge in [-0.1, -0.05) is 30.7 Å². The van der Waals surface area contributed by atoms with Crippen LogP contribution in [0.3, 0.4) is 0 Å². The van der Waals surface area contributed by atoms with Gasteiger partial charge >= 0.3 is 7.12 Å². The monoisotopic (exact) mass is 378 g/mol. The highest BCUT2D eigenvalue weighted by Gasteiger charge is 2.26. The molecule has 1 fully saturated rings. The van der Waals surface area contributed by atoms with Crippen LogP contribution in [0.2, 0.25) is 0 Å². The molecular formula is C22H27BN2O3. The summed E-state index contributed by atoms with van der Waals surface area (Å²) in [6.45, 7) is 3.97. The summed E-state index contributed by atoms with van der Waals surface area (Å²) in [4.78, 5) is 5.88. The summed E-state index contributed by atoms with van der Waals surface area (Å²) in [7, 11) is 0.318. The molecule has 0 bridgehead atoms. The van der Waals surface area contributed by atoms with Crippen molar-refractivity contribution in [3.8, 4) is 5.75 Å². The van der Waals surface area contributed by atoms with Crippen LogP contribution in [-0.4, -0.2) is 40.7 Å². The first-order valence-corrected chi connectivity index (χ1v) is 9.92. The van der Waals surface area contributed by atoms with E-state index >= 15 is 0 Å². The lowest BCUT2D eigenvalue weighted by molar-refractivity contribution is 0.139. The number of H-pyrrole nitrogens is 1. The van der Waals surface area contributed by atoms with Gasteiger partial charge in [0.05, 0.1) is 7.11 Å². The van der Waals surface area contributed by atoms with Gasteiger partial charge in [-0.3, -0.25) is 4.90 Å². The largest absolute Gasteiger partial charge is 0.496 e. The summed E-state index contributed by atoms with van der Waals surface area (Å²) in [5, 5.41) is 19.9. The fraction of sp³-hybridized carbons (Fsp3) is 0.364. The Kier molecular flexibility index (Phi) is 5.44. The molecule has 146 valence electrons. The maximum atomic E-state index is 9.36. The molecule has 0 saturated carbocycles. The number of aromatic nitrogens is 1. The Morgan fingerprint density at radius 3 is 2.68 bits per heavy atom. The molecule has 1 aliphatic heterocycles. The quantitative estimate of drug-likeness (QED) is 0.598. The Balaban J connectivity index is 1.67. The first-order chi connectivity index (χ1) is 13.6. The Morgan fingerprint density at radius 2 is 1.96 bits per heavy atom. The summed E-state index contributed by atoms with van der Waals surface area (Å²) in [6.07, 6.45) is 5.49. The number of hydrogen-bond donors (Lipinski definition) is 3. The van der Waals surface area contributed by atoms with Crippen LogP contribution in [0.15, 0.2) is 42.6 Å². The van der Waals surface area contributed by atoms with Crippen molar-refractivity contribution in [3.63, 3.8) is 0 Å². The first kappa shape index (κ1) is 19.1. The standard InChI is InChI=1S/C22H27BN2O3/c1-15-13-21(28-2)19(18-10-11-24-22(15)18)14-25-12-4-3-5-20(25)16-6-8-17(9-7-16)23(26)27/h6-11,13,20,24,26-27H,3-5,12,14H2,1-2H3. The summed E-state index contributed by atoms with van der Waals surface area (Å²) in [5.41, 5.74) is 5.33. The van der Waals surface area contributed by atoms with Gasteiger partial charge in [0.1, 0.15) is 5.75 Å². The molecule has 0 aliphatic carbocycles. The van der Waals surface area contributed by atoms with Crippen LogP contribution in [0.25, 0.3) is 10.9 Å². The molecule has 28 heavy (non-hydrogen) atoms. The summed E-state index contributed by atoms with van der Waals surface area (Å²) >= 11 is 0. The molecule has 0 spiro atoms. The lowest BCUT2D eigenvalue weighted by Gasteiger charge is -2.36. The topological polar surface area (TPSA) is 68.7 Å². The minimum Gasteiger partial charge on any atom is -0.496 e. The maximum Gasteiger partial charge on any atom is 0.488 e. The number of nitrogens with one attached hydrogen (secondary N) is 1.